The van der Waals surface area contributed by atoms with E-state index in [2.05, 4.69) is 16.8 Å². The van der Waals surface area contributed by atoms with Crippen molar-refractivity contribution in [2.45, 2.75) is 37.8 Å². The molecule has 1 amide bonds. The zero-order valence-electron chi connectivity index (χ0n) is 10.3. The van der Waals surface area contributed by atoms with E-state index in [9.17, 15) is 4.79 Å². The molecular weight excluding hydrogens is 220 g/mol. The van der Waals surface area contributed by atoms with Crippen LogP contribution in [0.15, 0.2) is 0 Å². The van der Waals surface area contributed by atoms with E-state index in [1.807, 2.05) is 6.26 Å². The Morgan fingerprint density at radius 3 is 2.56 bits per heavy atom. The van der Waals surface area contributed by atoms with Gasteiger partial charge in [0.25, 0.3) is 0 Å². The highest BCUT2D eigenvalue weighted by Gasteiger charge is 2.37. The summed E-state index contributed by atoms with van der Waals surface area (Å²) in [5.41, 5.74) is 0. The fourth-order valence-corrected chi connectivity index (χ4v) is 3.54. The Hall–Kier alpha value is -0.220. The van der Waals surface area contributed by atoms with Gasteiger partial charge in [0.2, 0.25) is 5.91 Å². The van der Waals surface area contributed by atoms with Crippen molar-refractivity contribution in [2.24, 2.45) is 0 Å². The van der Waals surface area contributed by atoms with Crippen molar-refractivity contribution in [3.8, 4) is 0 Å². The van der Waals surface area contributed by atoms with Gasteiger partial charge < -0.3 is 9.80 Å². The summed E-state index contributed by atoms with van der Waals surface area (Å²) in [5, 5.41) is 0. The maximum absolute atomic E-state index is 12.0. The van der Waals surface area contributed by atoms with Crippen molar-refractivity contribution < 1.29 is 4.79 Å². The Balaban J connectivity index is 1.99. The third-order valence-corrected chi connectivity index (χ3v) is 4.44. The lowest BCUT2D eigenvalue weighted by Crippen LogP contribution is -2.47. The van der Waals surface area contributed by atoms with E-state index >= 15 is 0 Å². The smallest absolute Gasteiger partial charge is 0.232 e. The van der Waals surface area contributed by atoms with Crippen LogP contribution in [-0.2, 0) is 4.79 Å². The van der Waals surface area contributed by atoms with Crippen molar-refractivity contribution in [3.63, 3.8) is 0 Å². The van der Waals surface area contributed by atoms with Gasteiger partial charge in [-0.2, -0.15) is 11.8 Å². The van der Waals surface area contributed by atoms with E-state index in [4.69, 9.17) is 0 Å². The second-order valence-corrected chi connectivity index (χ2v) is 5.79. The van der Waals surface area contributed by atoms with Gasteiger partial charge in [-0.3, -0.25) is 4.79 Å². The Morgan fingerprint density at radius 2 is 1.94 bits per heavy atom. The van der Waals surface area contributed by atoms with Crippen LogP contribution in [0.5, 0.6) is 0 Å². The molecule has 2 aliphatic heterocycles. The predicted molar refractivity (Wildman–Crippen MR) is 68.8 cm³/mol. The fourth-order valence-electron chi connectivity index (χ4n) is 3.13. The van der Waals surface area contributed by atoms with Gasteiger partial charge in [-0.1, -0.05) is 0 Å². The summed E-state index contributed by atoms with van der Waals surface area (Å²) < 4.78 is 0. The number of hydrogen-bond acceptors (Lipinski definition) is 3. The number of thioether (sulfide) groups is 1. The van der Waals surface area contributed by atoms with Crippen LogP contribution in [0.1, 0.15) is 25.7 Å². The molecule has 0 aromatic heterocycles. The number of hydrogen-bond donors (Lipinski definition) is 0. The number of rotatable bonds is 3. The van der Waals surface area contributed by atoms with Gasteiger partial charge in [0.05, 0.1) is 5.75 Å². The molecule has 3 nitrogen and oxygen atoms in total. The van der Waals surface area contributed by atoms with E-state index in [1.165, 1.54) is 32.2 Å². The van der Waals surface area contributed by atoms with Gasteiger partial charge >= 0.3 is 0 Å². The molecule has 0 spiro atoms. The molecule has 0 aromatic rings. The van der Waals surface area contributed by atoms with Gasteiger partial charge in [0, 0.05) is 18.6 Å². The topological polar surface area (TPSA) is 23.6 Å². The van der Waals surface area contributed by atoms with Crippen LogP contribution in [0.3, 0.4) is 0 Å². The molecule has 0 bridgehead atoms. The van der Waals surface area contributed by atoms with Crippen LogP contribution in [0.25, 0.3) is 0 Å². The number of carbonyl (C=O) groups excluding carboxylic acids is 1. The van der Waals surface area contributed by atoms with E-state index in [1.54, 1.807) is 11.8 Å². The Bertz CT molecular complexity index is 259. The van der Waals surface area contributed by atoms with Gasteiger partial charge in [0.15, 0.2) is 0 Å². The van der Waals surface area contributed by atoms with Gasteiger partial charge in [0.1, 0.15) is 0 Å². The second kappa shape index (κ2) is 5.41. The molecule has 0 saturated carbocycles. The van der Waals surface area contributed by atoms with Crippen molar-refractivity contribution in [1.29, 1.82) is 0 Å². The Labute approximate surface area is 103 Å². The molecule has 4 heteroatoms. The first-order chi connectivity index (χ1) is 7.74. The van der Waals surface area contributed by atoms with Crippen LogP contribution in [0, 0.1) is 0 Å². The minimum Gasteiger partial charge on any atom is -0.337 e. The highest BCUT2D eigenvalue weighted by Crippen LogP contribution is 2.29. The van der Waals surface area contributed by atoms with E-state index in [0.717, 1.165) is 6.54 Å². The first-order valence-corrected chi connectivity index (χ1v) is 7.62. The lowest BCUT2D eigenvalue weighted by molar-refractivity contribution is -0.130. The van der Waals surface area contributed by atoms with E-state index < -0.39 is 0 Å². The average molecular weight is 242 g/mol. The van der Waals surface area contributed by atoms with Crippen molar-refractivity contribution in [3.05, 3.63) is 0 Å². The van der Waals surface area contributed by atoms with Crippen molar-refractivity contribution in [2.75, 3.05) is 32.1 Å². The molecule has 0 radical (unpaired) electrons. The van der Waals surface area contributed by atoms with Crippen LogP contribution >= 0.6 is 11.8 Å². The standard InChI is InChI=1S/C12H22N2OS/c1-13-7-3-5-10(13)11-6-4-8-14(11)12(15)9-16-2/h10-11H,3-9H2,1-2H3/t10-,11-/m1/s1. The molecule has 0 aliphatic carbocycles. The number of amides is 1. The summed E-state index contributed by atoms with van der Waals surface area (Å²) >= 11 is 1.64. The molecular formula is C12H22N2OS. The van der Waals surface area contributed by atoms with Gasteiger partial charge in [-0.25, -0.2) is 0 Å². The third-order valence-electron chi connectivity index (χ3n) is 3.91. The highest BCUT2D eigenvalue weighted by atomic mass is 32.2. The van der Waals surface area contributed by atoms with Crippen molar-refractivity contribution >= 4 is 17.7 Å². The predicted octanol–water partition coefficient (Wildman–Crippen LogP) is 1.43. The minimum absolute atomic E-state index is 0.343. The largest absolute Gasteiger partial charge is 0.337 e. The number of carbonyl (C=O) groups is 1. The SMILES string of the molecule is CSCC(=O)N1CCC[C@@H]1[C@H]1CCCN1C. The molecule has 2 fully saturated rings. The van der Waals surface area contributed by atoms with E-state index in [0.29, 0.717) is 23.7 Å². The first kappa shape index (κ1) is 12.2. The maximum Gasteiger partial charge on any atom is 0.232 e. The lowest BCUT2D eigenvalue weighted by Gasteiger charge is -2.33. The quantitative estimate of drug-likeness (QED) is 0.748. The van der Waals surface area contributed by atoms with Crippen molar-refractivity contribution in [1.82, 2.24) is 9.80 Å². The average Bonchev–Trinajstić information content (AvgIpc) is 2.85. The molecule has 2 atom stereocenters. The summed E-state index contributed by atoms with van der Waals surface area (Å²) in [5.74, 6) is 0.989. The Morgan fingerprint density at radius 1 is 1.25 bits per heavy atom. The summed E-state index contributed by atoms with van der Waals surface area (Å²) in [4.78, 5) is 16.6. The molecule has 92 valence electrons. The normalized spacial score (nSPS) is 31.2. The molecule has 0 aromatic carbocycles. The number of likely N-dealkylation sites (tertiary alicyclic amines) is 2. The summed E-state index contributed by atoms with van der Waals surface area (Å²) in [6.07, 6.45) is 6.96. The lowest BCUT2D eigenvalue weighted by atomic mass is 10.0. The molecule has 2 aliphatic rings. The molecule has 2 saturated heterocycles. The van der Waals surface area contributed by atoms with Gasteiger partial charge in [-0.05, 0) is 45.5 Å². The van der Waals surface area contributed by atoms with Crippen LogP contribution < -0.4 is 0 Å². The zero-order chi connectivity index (χ0) is 11.5. The molecule has 0 unspecified atom stereocenters. The highest BCUT2D eigenvalue weighted by molar-refractivity contribution is 7.99. The molecule has 0 N–H and O–H groups in total. The van der Waals surface area contributed by atoms with Crippen LogP contribution in [0.2, 0.25) is 0 Å². The number of likely N-dealkylation sites (N-methyl/N-ethyl adjacent to an activating group) is 1. The first-order valence-electron chi connectivity index (χ1n) is 6.22. The van der Waals surface area contributed by atoms with Gasteiger partial charge in [-0.15, -0.1) is 0 Å². The molecule has 2 rings (SSSR count). The monoisotopic (exact) mass is 242 g/mol. The third kappa shape index (κ3) is 2.38. The summed E-state index contributed by atoms with van der Waals surface area (Å²) in [7, 11) is 2.20. The number of nitrogens with zero attached hydrogens (tertiary/aromatic N) is 2. The van der Waals surface area contributed by atoms with Crippen LogP contribution in [-0.4, -0.2) is 59.9 Å². The Kier molecular flexibility index (Phi) is 4.14. The fraction of sp³-hybridized carbons (Fsp3) is 0.917. The summed E-state index contributed by atoms with van der Waals surface area (Å²) in [6.45, 7) is 2.18. The van der Waals surface area contributed by atoms with E-state index in [-0.39, 0.29) is 0 Å². The second-order valence-electron chi connectivity index (χ2n) is 4.92. The van der Waals surface area contributed by atoms with Crippen LogP contribution in [0.4, 0.5) is 0 Å². The minimum atomic E-state index is 0.343. The summed E-state index contributed by atoms with van der Waals surface area (Å²) in [6, 6.07) is 1.11. The maximum atomic E-state index is 12.0. The molecule has 16 heavy (non-hydrogen) atoms. The zero-order valence-corrected chi connectivity index (χ0v) is 11.1. The molecule has 2 heterocycles.